The molecule has 0 bridgehead atoms. The largest absolute Gasteiger partial charge is 0.491 e. The highest BCUT2D eigenvalue weighted by Crippen LogP contribution is 2.28. The monoisotopic (exact) mass is 385 g/mol. The molecule has 7 nitrogen and oxygen atoms in total. The first-order valence-corrected chi connectivity index (χ1v) is 8.16. The van der Waals surface area contributed by atoms with Gasteiger partial charge in [0.2, 0.25) is 0 Å². The van der Waals surface area contributed by atoms with Gasteiger partial charge in [-0.05, 0) is 12.1 Å². The minimum atomic E-state index is -4.63. The first kappa shape index (κ1) is 19.3. The van der Waals surface area contributed by atoms with Crippen molar-refractivity contribution in [3.63, 3.8) is 0 Å². The lowest BCUT2D eigenvalue weighted by molar-refractivity contribution is -0.150. The molecule has 0 saturated carbocycles. The predicted octanol–water partition coefficient (Wildman–Crippen LogP) is 1.48. The van der Waals surface area contributed by atoms with E-state index in [-0.39, 0.29) is 19.0 Å². The summed E-state index contributed by atoms with van der Waals surface area (Å²) in [7, 11) is 0. The van der Waals surface area contributed by atoms with Crippen LogP contribution in [0, 0.1) is 0 Å². The van der Waals surface area contributed by atoms with E-state index >= 15 is 0 Å². The molecule has 146 valence electrons. The first-order valence-electron chi connectivity index (χ1n) is 8.16. The highest BCUT2D eigenvalue weighted by molar-refractivity contribution is 5.34. The molecule has 2 heterocycles. The molecule has 0 aliphatic carbocycles. The third kappa shape index (κ3) is 4.85. The first-order chi connectivity index (χ1) is 12.8. The van der Waals surface area contributed by atoms with Crippen molar-refractivity contribution in [3.05, 3.63) is 48.4 Å². The molecule has 1 aliphatic rings. The lowest BCUT2D eigenvalue weighted by atomic mass is 9.98. The quantitative estimate of drug-likeness (QED) is 0.717. The number of aliphatic hydroxyl groups is 2. The fourth-order valence-corrected chi connectivity index (χ4v) is 2.61. The van der Waals surface area contributed by atoms with Gasteiger partial charge < -0.3 is 25.0 Å². The number of ether oxygens (including phenoxy) is 2. The van der Waals surface area contributed by atoms with Crippen molar-refractivity contribution in [2.75, 3.05) is 18.5 Å². The second kappa shape index (κ2) is 8.07. The Labute approximate surface area is 152 Å². The number of rotatable bonds is 5. The van der Waals surface area contributed by atoms with Gasteiger partial charge in [-0.2, -0.15) is 13.2 Å². The minimum Gasteiger partial charge on any atom is -0.491 e. The molecule has 1 aliphatic heterocycles. The van der Waals surface area contributed by atoms with Crippen LogP contribution in [0.15, 0.2) is 42.7 Å². The average molecular weight is 385 g/mol. The summed E-state index contributed by atoms with van der Waals surface area (Å²) in [5, 5.41) is 23.1. The zero-order valence-electron chi connectivity index (χ0n) is 14.0. The smallest absolute Gasteiger partial charge is 0.434 e. The second-order valence-electron chi connectivity index (χ2n) is 6.02. The van der Waals surface area contributed by atoms with E-state index in [1.54, 1.807) is 24.3 Å². The van der Waals surface area contributed by atoms with E-state index in [4.69, 9.17) is 9.47 Å². The number of para-hydroxylation sites is 1. The molecule has 1 fully saturated rings. The van der Waals surface area contributed by atoms with Gasteiger partial charge >= 0.3 is 6.18 Å². The van der Waals surface area contributed by atoms with Crippen LogP contribution in [-0.4, -0.2) is 57.7 Å². The molecule has 1 aromatic carbocycles. The van der Waals surface area contributed by atoms with Crippen LogP contribution in [0.4, 0.5) is 19.0 Å². The summed E-state index contributed by atoms with van der Waals surface area (Å²) in [6, 6.07) is 8.03. The van der Waals surface area contributed by atoms with E-state index < -0.39 is 36.2 Å². The Morgan fingerprint density at radius 1 is 1.15 bits per heavy atom. The van der Waals surface area contributed by atoms with Gasteiger partial charge in [0.1, 0.15) is 36.5 Å². The molecule has 27 heavy (non-hydrogen) atoms. The fraction of sp³-hybridized carbons (Fsp3) is 0.412. The molecule has 3 rings (SSSR count). The van der Waals surface area contributed by atoms with Crippen LogP contribution >= 0.6 is 0 Å². The number of hydrogen-bond acceptors (Lipinski definition) is 7. The zero-order chi connectivity index (χ0) is 19.4. The van der Waals surface area contributed by atoms with Gasteiger partial charge in [0, 0.05) is 0 Å². The van der Waals surface area contributed by atoms with Gasteiger partial charge in [0.15, 0.2) is 5.69 Å². The molecule has 10 heteroatoms. The van der Waals surface area contributed by atoms with Crippen molar-refractivity contribution in [2.24, 2.45) is 0 Å². The van der Waals surface area contributed by atoms with Crippen molar-refractivity contribution in [3.8, 4) is 5.75 Å². The highest BCUT2D eigenvalue weighted by atomic mass is 19.4. The molecular weight excluding hydrogens is 367 g/mol. The summed E-state index contributed by atoms with van der Waals surface area (Å²) in [6.45, 7) is -0.0444. The van der Waals surface area contributed by atoms with Gasteiger partial charge in [-0.25, -0.2) is 4.98 Å². The van der Waals surface area contributed by atoms with E-state index in [2.05, 4.69) is 15.3 Å². The number of alkyl halides is 3. The van der Waals surface area contributed by atoms with Gasteiger partial charge in [-0.15, -0.1) is 0 Å². The molecule has 2 aromatic rings. The van der Waals surface area contributed by atoms with Crippen LogP contribution in [-0.2, 0) is 10.9 Å². The van der Waals surface area contributed by atoms with E-state index in [9.17, 15) is 23.4 Å². The van der Waals surface area contributed by atoms with Crippen LogP contribution in [0.5, 0.6) is 5.75 Å². The number of anilines is 1. The number of hydrogen-bond donors (Lipinski definition) is 3. The van der Waals surface area contributed by atoms with Gasteiger partial charge in [-0.3, -0.25) is 4.98 Å². The maximum atomic E-state index is 12.7. The Hall–Kier alpha value is -2.43. The van der Waals surface area contributed by atoms with Crippen molar-refractivity contribution in [2.45, 2.75) is 30.5 Å². The van der Waals surface area contributed by atoms with E-state index in [1.165, 1.54) is 0 Å². The summed E-state index contributed by atoms with van der Waals surface area (Å²) in [5.74, 6) is 0.408. The standard InChI is InChI=1S/C17H18F3N3O4/c18-17(19,20)13-6-21-7-14(23-13)22-11-8-27-12(16(25)15(11)24)9-26-10-4-2-1-3-5-10/h1-7,11-12,15-16,24-25H,8-9H2,(H,22,23)/t11-,12+,15+,16-/m0/s1. The van der Waals surface area contributed by atoms with Gasteiger partial charge in [-0.1, -0.05) is 18.2 Å². The Balaban J connectivity index is 1.59. The van der Waals surface area contributed by atoms with Crippen LogP contribution in [0.3, 0.4) is 0 Å². The normalized spacial score (nSPS) is 25.8. The molecule has 0 spiro atoms. The SMILES string of the molecule is O[C@@H]1[C@H](O)[C@@H](Nc2cncc(C(F)(F)F)n2)CO[C@@H]1COc1ccccc1. The maximum Gasteiger partial charge on any atom is 0.434 e. The van der Waals surface area contributed by atoms with Crippen LogP contribution in [0.1, 0.15) is 5.69 Å². The Morgan fingerprint density at radius 3 is 2.59 bits per heavy atom. The molecule has 4 atom stereocenters. The van der Waals surface area contributed by atoms with Crippen molar-refractivity contribution in [1.29, 1.82) is 0 Å². The number of halogens is 3. The topological polar surface area (TPSA) is 96.7 Å². The minimum absolute atomic E-state index is 0.0122. The van der Waals surface area contributed by atoms with E-state index in [0.717, 1.165) is 6.20 Å². The highest BCUT2D eigenvalue weighted by Gasteiger charge is 2.39. The fourth-order valence-electron chi connectivity index (χ4n) is 2.61. The molecule has 0 radical (unpaired) electrons. The summed E-state index contributed by atoms with van der Waals surface area (Å²) >= 11 is 0. The number of nitrogens with zero attached hydrogens (tertiary/aromatic N) is 2. The molecule has 0 unspecified atom stereocenters. The Kier molecular flexibility index (Phi) is 5.78. The van der Waals surface area contributed by atoms with Gasteiger partial charge in [0.25, 0.3) is 0 Å². The predicted molar refractivity (Wildman–Crippen MR) is 88.1 cm³/mol. The maximum absolute atomic E-state index is 12.7. The van der Waals surface area contributed by atoms with Gasteiger partial charge in [0.05, 0.1) is 25.0 Å². The Morgan fingerprint density at radius 2 is 1.89 bits per heavy atom. The van der Waals surface area contributed by atoms with Crippen molar-refractivity contribution >= 4 is 5.82 Å². The summed E-state index contributed by atoms with van der Waals surface area (Å²) in [6.07, 6.45) is -6.31. The molecule has 1 aromatic heterocycles. The lowest BCUT2D eigenvalue weighted by Gasteiger charge is -2.37. The van der Waals surface area contributed by atoms with Crippen LogP contribution in [0.2, 0.25) is 0 Å². The third-order valence-corrected chi connectivity index (χ3v) is 4.05. The van der Waals surface area contributed by atoms with E-state index in [1.807, 2.05) is 6.07 Å². The number of aromatic nitrogens is 2. The summed E-state index contributed by atoms with van der Waals surface area (Å²) in [4.78, 5) is 6.91. The van der Waals surface area contributed by atoms with Crippen LogP contribution in [0.25, 0.3) is 0 Å². The van der Waals surface area contributed by atoms with Crippen LogP contribution < -0.4 is 10.1 Å². The third-order valence-electron chi connectivity index (χ3n) is 4.05. The molecule has 3 N–H and O–H groups in total. The number of aliphatic hydroxyl groups excluding tert-OH is 2. The Bertz CT molecular complexity index is 748. The number of benzene rings is 1. The molecular formula is C17H18F3N3O4. The second-order valence-corrected chi connectivity index (χ2v) is 6.02. The summed E-state index contributed by atoms with van der Waals surface area (Å²) in [5.41, 5.74) is -1.16. The molecule has 1 saturated heterocycles. The zero-order valence-corrected chi connectivity index (χ0v) is 14.0. The number of nitrogens with one attached hydrogen (secondary N) is 1. The average Bonchev–Trinajstić information content (AvgIpc) is 2.65. The van der Waals surface area contributed by atoms with E-state index in [0.29, 0.717) is 11.9 Å². The van der Waals surface area contributed by atoms with Crippen molar-refractivity contribution < 1.29 is 32.9 Å². The van der Waals surface area contributed by atoms with Crippen molar-refractivity contribution in [1.82, 2.24) is 9.97 Å². The molecule has 0 amide bonds. The lowest BCUT2D eigenvalue weighted by Crippen LogP contribution is -2.57. The summed E-state index contributed by atoms with van der Waals surface area (Å²) < 4.78 is 49.1.